The van der Waals surface area contributed by atoms with Gasteiger partial charge in [0.25, 0.3) is 0 Å². The minimum absolute atomic E-state index is 0.215. The van der Waals surface area contributed by atoms with Crippen LogP contribution in [0.1, 0.15) is 36.2 Å². The molecule has 1 unspecified atom stereocenters. The van der Waals surface area contributed by atoms with Crippen LogP contribution >= 0.6 is 11.6 Å². The van der Waals surface area contributed by atoms with Crippen LogP contribution in [-0.4, -0.2) is 29.4 Å². The Balaban J connectivity index is 2.90. The molecule has 0 radical (unpaired) electrons. The lowest BCUT2D eigenvalue weighted by Crippen LogP contribution is -2.40. The van der Waals surface area contributed by atoms with E-state index < -0.39 is 12.0 Å². The summed E-state index contributed by atoms with van der Waals surface area (Å²) >= 11 is 5.93. The molecule has 0 saturated heterocycles. The summed E-state index contributed by atoms with van der Waals surface area (Å²) in [5, 5.41) is 12.5. The summed E-state index contributed by atoms with van der Waals surface area (Å²) in [4.78, 5) is 23.3. The first-order chi connectivity index (χ1) is 9.31. The van der Waals surface area contributed by atoms with Crippen LogP contribution in [0.5, 0.6) is 0 Å². The highest BCUT2D eigenvalue weighted by Gasteiger charge is 2.23. The number of carboxylic acid groups (broad SMARTS) is 1. The van der Waals surface area contributed by atoms with Gasteiger partial charge in [-0.3, -0.25) is 9.59 Å². The molecule has 0 heterocycles. The number of rotatable bonds is 7. The smallest absolute Gasteiger partial charge is 0.305 e. The molecule has 0 aliphatic carbocycles. The van der Waals surface area contributed by atoms with Crippen LogP contribution in [0.3, 0.4) is 0 Å². The van der Waals surface area contributed by atoms with E-state index in [-0.39, 0.29) is 12.2 Å². The van der Waals surface area contributed by atoms with Crippen molar-refractivity contribution in [1.29, 1.82) is 0 Å². The van der Waals surface area contributed by atoms with Gasteiger partial charge in [-0.15, -0.1) is 0 Å². The van der Waals surface area contributed by atoms with E-state index in [9.17, 15) is 9.59 Å². The summed E-state index contributed by atoms with van der Waals surface area (Å²) in [5.41, 5.74) is 1.28. The fraction of sp³-hybridized carbons (Fsp3) is 0.467. The van der Waals surface area contributed by atoms with Crippen LogP contribution in [-0.2, 0) is 4.79 Å². The van der Waals surface area contributed by atoms with E-state index in [0.29, 0.717) is 23.0 Å². The van der Waals surface area contributed by atoms with E-state index in [1.807, 2.05) is 20.8 Å². The number of hydrogen-bond donors (Lipinski definition) is 2. The molecule has 0 bridgehead atoms. The lowest BCUT2D eigenvalue weighted by atomic mass is 9.99. The molecule has 0 fully saturated rings. The van der Waals surface area contributed by atoms with Crippen molar-refractivity contribution in [2.75, 3.05) is 6.54 Å². The number of Topliss-reactive ketones (excluding diaryl/α,β-unsaturated/α-hetero) is 1. The second kappa shape index (κ2) is 7.41. The van der Waals surface area contributed by atoms with Gasteiger partial charge in [0.05, 0.1) is 12.5 Å². The van der Waals surface area contributed by atoms with Crippen molar-refractivity contribution in [3.05, 3.63) is 34.3 Å². The molecular weight excluding hydrogens is 278 g/mol. The number of carbonyl (C=O) groups is 2. The fourth-order valence-electron chi connectivity index (χ4n) is 1.81. The molecule has 0 aliphatic rings. The van der Waals surface area contributed by atoms with E-state index in [1.165, 1.54) is 0 Å². The highest BCUT2D eigenvalue weighted by molar-refractivity contribution is 6.31. The van der Waals surface area contributed by atoms with Gasteiger partial charge in [-0.25, -0.2) is 0 Å². The molecule has 1 rings (SSSR count). The van der Waals surface area contributed by atoms with Gasteiger partial charge in [0.15, 0.2) is 5.78 Å². The molecule has 110 valence electrons. The van der Waals surface area contributed by atoms with Gasteiger partial charge in [0.2, 0.25) is 0 Å². The third-order valence-electron chi connectivity index (χ3n) is 2.91. The third kappa shape index (κ3) is 4.94. The predicted octanol–water partition coefficient (Wildman–Crippen LogP) is 2.92. The Morgan fingerprint density at radius 3 is 2.50 bits per heavy atom. The normalized spacial score (nSPS) is 12.4. The first-order valence-electron chi connectivity index (χ1n) is 6.56. The molecule has 0 saturated carbocycles. The Labute approximate surface area is 124 Å². The van der Waals surface area contributed by atoms with Crippen LogP contribution in [0.25, 0.3) is 0 Å². The highest BCUT2D eigenvalue weighted by Crippen LogP contribution is 2.18. The number of benzene rings is 1. The highest BCUT2D eigenvalue weighted by atomic mass is 35.5. The molecule has 0 aliphatic heterocycles. The number of carbonyl (C=O) groups excluding carboxylic acids is 1. The Kier molecular flexibility index (Phi) is 6.17. The van der Waals surface area contributed by atoms with Crippen molar-refractivity contribution in [3.8, 4) is 0 Å². The van der Waals surface area contributed by atoms with Crippen LogP contribution in [0, 0.1) is 12.8 Å². The maximum Gasteiger partial charge on any atom is 0.305 e. The van der Waals surface area contributed by atoms with E-state index in [4.69, 9.17) is 16.7 Å². The van der Waals surface area contributed by atoms with E-state index >= 15 is 0 Å². The molecular formula is C15H20ClNO3. The zero-order valence-corrected chi connectivity index (χ0v) is 12.7. The van der Waals surface area contributed by atoms with E-state index in [2.05, 4.69) is 5.32 Å². The molecule has 4 nitrogen and oxygen atoms in total. The Hall–Kier alpha value is -1.39. The lowest BCUT2D eigenvalue weighted by molar-refractivity contribution is -0.137. The quantitative estimate of drug-likeness (QED) is 0.760. The van der Waals surface area contributed by atoms with Crippen molar-refractivity contribution < 1.29 is 14.7 Å². The maximum absolute atomic E-state index is 12.4. The summed E-state index contributed by atoms with van der Waals surface area (Å²) < 4.78 is 0. The van der Waals surface area contributed by atoms with Crippen molar-refractivity contribution in [2.24, 2.45) is 5.92 Å². The van der Waals surface area contributed by atoms with Gasteiger partial charge in [0, 0.05) is 10.6 Å². The van der Waals surface area contributed by atoms with Crippen molar-refractivity contribution in [3.63, 3.8) is 0 Å². The number of aliphatic carboxylic acids is 1. The summed E-state index contributed by atoms with van der Waals surface area (Å²) in [7, 11) is 0. The summed E-state index contributed by atoms with van der Waals surface area (Å²) in [5.74, 6) is -0.871. The summed E-state index contributed by atoms with van der Waals surface area (Å²) in [6, 6.07) is 4.26. The first-order valence-corrected chi connectivity index (χ1v) is 6.94. The standard InChI is InChI=1S/C15H20ClNO3/c1-9(2)8-17-13(7-14(18)19)15(20)11-4-5-12(16)10(3)6-11/h4-6,9,13,17H,7-8H2,1-3H3,(H,18,19). The molecule has 1 atom stereocenters. The number of hydrogen-bond acceptors (Lipinski definition) is 3. The largest absolute Gasteiger partial charge is 0.481 e. The van der Waals surface area contributed by atoms with Gasteiger partial charge >= 0.3 is 5.97 Å². The van der Waals surface area contributed by atoms with Crippen molar-refractivity contribution in [2.45, 2.75) is 33.2 Å². The molecule has 0 amide bonds. The lowest BCUT2D eigenvalue weighted by Gasteiger charge is -2.17. The minimum Gasteiger partial charge on any atom is -0.481 e. The van der Waals surface area contributed by atoms with Gasteiger partial charge in [-0.05, 0) is 43.1 Å². The SMILES string of the molecule is Cc1cc(C(=O)C(CC(=O)O)NCC(C)C)ccc1Cl. The van der Waals surface area contributed by atoms with Crippen LogP contribution in [0.4, 0.5) is 0 Å². The molecule has 5 heteroatoms. The van der Waals surface area contributed by atoms with E-state index in [1.54, 1.807) is 18.2 Å². The van der Waals surface area contributed by atoms with Crippen molar-refractivity contribution >= 4 is 23.4 Å². The monoisotopic (exact) mass is 297 g/mol. The number of halogens is 1. The van der Waals surface area contributed by atoms with E-state index in [0.717, 1.165) is 5.56 Å². The van der Waals surface area contributed by atoms with Gasteiger partial charge < -0.3 is 10.4 Å². The maximum atomic E-state index is 12.4. The average Bonchev–Trinajstić information content (AvgIpc) is 2.36. The third-order valence-corrected chi connectivity index (χ3v) is 3.33. The number of aryl methyl sites for hydroxylation is 1. The molecule has 1 aromatic carbocycles. The fourth-order valence-corrected chi connectivity index (χ4v) is 1.93. The number of nitrogens with one attached hydrogen (secondary N) is 1. The summed E-state index contributed by atoms with van der Waals surface area (Å²) in [6.45, 7) is 6.41. The predicted molar refractivity (Wildman–Crippen MR) is 79.4 cm³/mol. The van der Waals surface area contributed by atoms with Gasteiger partial charge in [-0.2, -0.15) is 0 Å². The second-order valence-electron chi connectivity index (χ2n) is 5.28. The minimum atomic E-state index is -0.995. The number of ketones is 1. The first kappa shape index (κ1) is 16.7. The number of carboxylic acids is 1. The Morgan fingerprint density at radius 2 is 2.00 bits per heavy atom. The summed E-state index contributed by atoms with van der Waals surface area (Å²) in [6.07, 6.45) is -0.229. The molecule has 20 heavy (non-hydrogen) atoms. The topological polar surface area (TPSA) is 66.4 Å². The molecule has 2 N–H and O–H groups in total. The van der Waals surface area contributed by atoms with Crippen LogP contribution < -0.4 is 5.32 Å². The average molecular weight is 298 g/mol. The Morgan fingerprint density at radius 1 is 1.35 bits per heavy atom. The second-order valence-corrected chi connectivity index (χ2v) is 5.69. The zero-order valence-electron chi connectivity index (χ0n) is 11.9. The van der Waals surface area contributed by atoms with Gasteiger partial charge in [0.1, 0.15) is 0 Å². The van der Waals surface area contributed by atoms with Crippen molar-refractivity contribution in [1.82, 2.24) is 5.32 Å². The van der Waals surface area contributed by atoms with Crippen LogP contribution in [0.2, 0.25) is 5.02 Å². The van der Waals surface area contributed by atoms with Gasteiger partial charge in [-0.1, -0.05) is 25.4 Å². The van der Waals surface area contributed by atoms with Crippen LogP contribution in [0.15, 0.2) is 18.2 Å². The Bertz CT molecular complexity index is 500. The molecule has 1 aromatic rings. The zero-order chi connectivity index (χ0) is 15.3. The molecule has 0 spiro atoms. The molecule has 0 aromatic heterocycles.